The molecule has 0 atom stereocenters. The molecule has 0 unspecified atom stereocenters. The lowest BCUT2D eigenvalue weighted by Crippen LogP contribution is -2.12. The first-order valence-corrected chi connectivity index (χ1v) is 20.8. The Morgan fingerprint density at radius 3 is 1.93 bits per heavy atom. The number of hydrogen-bond donors (Lipinski definition) is 1. The van der Waals surface area contributed by atoms with Crippen LogP contribution < -0.4 is 4.74 Å². The molecule has 0 bridgehead atoms. The number of carbonyl (C=O) groups excluding carboxylic acids is 1. The van der Waals surface area contributed by atoms with Crippen molar-refractivity contribution in [1.29, 1.82) is 0 Å². The summed E-state index contributed by atoms with van der Waals surface area (Å²) in [5, 5.41) is 12.4. The van der Waals surface area contributed by atoms with Crippen molar-refractivity contribution < 1.29 is 19.4 Å². The Kier molecular flexibility index (Phi) is 11.9. The van der Waals surface area contributed by atoms with E-state index in [0.29, 0.717) is 32.1 Å². The van der Waals surface area contributed by atoms with Gasteiger partial charge in [0.1, 0.15) is 11.3 Å². The van der Waals surface area contributed by atoms with Crippen molar-refractivity contribution >= 4 is 75.6 Å². The van der Waals surface area contributed by atoms with Crippen LogP contribution in [0.4, 0.5) is 0 Å². The maximum Gasteiger partial charge on any atom is 0.343 e. The first-order chi connectivity index (χ1) is 28.1. The van der Waals surface area contributed by atoms with Crippen molar-refractivity contribution in [3.05, 3.63) is 208 Å². The lowest BCUT2D eigenvalue weighted by atomic mass is 9.91. The molecule has 8 rings (SSSR count). The minimum absolute atomic E-state index is 0.0256. The van der Waals surface area contributed by atoms with Crippen LogP contribution in [0.3, 0.4) is 0 Å². The van der Waals surface area contributed by atoms with Gasteiger partial charge in [0.25, 0.3) is 0 Å². The Balaban J connectivity index is 0.932. The molecule has 0 aromatic heterocycles. The van der Waals surface area contributed by atoms with E-state index in [2.05, 4.69) is 48.6 Å². The molecule has 290 valence electrons. The molecular weight excluding hydrogens is 806 g/mol. The molecule has 0 heterocycles. The van der Waals surface area contributed by atoms with Gasteiger partial charge >= 0.3 is 11.9 Å². The van der Waals surface area contributed by atoms with E-state index < -0.39 is 11.9 Å². The van der Waals surface area contributed by atoms with E-state index in [0.717, 1.165) is 67.2 Å². The highest BCUT2D eigenvalue weighted by Gasteiger charge is 2.22. The van der Waals surface area contributed by atoms with Crippen LogP contribution in [0.5, 0.6) is 5.75 Å². The van der Waals surface area contributed by atoms with Crippen LogP contribution in [-0.4, -0.2) is 17.0 Å². The molecule has 0 aliphatic heterocycles. The van der Waals surface area contributed by atoms with Gasteiger partial charge in [-0.25, -0.2) is 9.59 Å². The SMILES string of the molecule is O=C(Oc1cc(CCc2cccc3c2/C(=C/c2cc(Cl)cc(Cl)c2)CC3)ccc1C(=O)O)c1ccc(CCc2cccc3c2C(Cc2cc(Cl)cc(Cl)c2)=CC3)cc1. The molecule has 1 N–H and O–H groups in total. The highest BCUT2D eigenvalue weighted by atomic mass is 35.5. The number of carboxylic acids is 1. The Labute approximate surface area is 358 Å². The molecule has 8 heteroatoms. The van der Waals surface area contributed by atoms with Crippen LogP contribution in [0.2, 0.25) is 20.1 Å². The van der Waals surface area contributed by atoms with Crippen LogP contribution in [-0.2, 0) is 44.9 Å². The van der Waals surface area contributed by atoms with Crippen LogP contribution in [0.25, 0.3) is 17.2 Å². The molecule has 6 aromatic rings. The average molecular weight is 845 g/mol. The Morgan fingerprint density at radius 2 is 1.24 bits per heavy atom. The van der Waals surface area contributed by atoms with Crippen LogP contribution in [0, 0.1) is 0 Å². The molecular formula is C50H38Cl4O4. The fraction of sp³-hybridized carbons (Fsp3) is 0.160. The topological polar surface area (TPSA) is 63.6 Å². The van der Waals surface area contributed by atoms with E-state index in [9.17, 15) is 14.7 Å². The summed E-state index contributed by atoms with van der Waals surface area (Å²) >= 11 is 25.2. The van der Waals surface area contributed by atoms with Crippen molar-refractivity contribution in [1.82, 2.24) is 0 Å². The van der Waals surface area contributed by atoms with Gasteiger partial charge in [-0.05, 0) is 179 Å². The third-order valence-electron chi connectivity index (χ3n) is 10.9. The van der Waals surface area contributed by atoms with Gasteiger partial charge in [-0.15, -0.1) is 0 Å². The maximum atomic E-state index is 13.4. The number of allylic oxidation sites excluding steroid dienone is 3. The lowest BCUT2D eigenvalue weighted by Gasteiger charge is -2.14. The number of rotatable bonds is 12. The summed E-state index contributed by atoms with van der Waals surface area (Å²) in [5.74, 6) is -1.75. The molecule has 0 saturated carbocycles. The zero-order valence-electron chi connectivity index (χ0n) is 31.5. The Hall–Kier alpha value is -5.10. The summed E-state index contributed by atoms with van der Waals surface area (Å²) in [5.41, 5.74) is 14.4. The zero-order valence-corrected chi connectivity index (χ0v) is 34.5. The molecule has 4 nitrogen and oxygen atoms in total. The van der Waals surface area contributed by atoms with Crippen LogP contribution >= 0.6 is 46.4 Å². The number of aromatic carboxylic acids is 1. The number of halogens is 4. The summed E-state index contributed by atoms with van der Waals surface area (Å²) in [7, 11) is 0. The number of carbonyl (C=O) groups is 2. The minimum Gasteiger partial charge on any atom is -0.478 e. The second-order valence-electron chi connectivity index (χ2n) is 14.9. The highest BCUT2D eigenvalue weighted by Crippen LogP contribution is 2.38. The average Bonchev–Trinajstić information content (AvgIpc) is 3.80. The van der Waals surface area contributed by atoms with E-state index in [-0.39, 0.29) is 11.3 Å². The van der Waals surface area contributed by atoms with E-state index in [1.54, 1.807) is 36.4 Å². The molecule has 0 fully saturated rings. The molecule has 0 radical (unpaired) electrons. The summed E-state index contributed by atoms with van der Waals surface area (Å²) in [4.78, 5) is 25.6. The van der Waals surface area contributed by atoms with E-state index >= 15 is 0 Å². The van der Waals surface area contributed by atoms with Gasteiger partial charge in [0.15, 0.2) is 0 Å². The second-order valence-corrected chi connectivity index (χ2v) is 16.6. The predicted molar refractivity (Wildman–Crippen MR) is 237 cm³/mol. The smallest absolute Gasteiger partial charge is 0.343 e. The quantitative estimate of drug-likeness (QED) is 0.0984. The Morgan fingerprint density at radius 1 is 0.621 bits per heavy atom. The fourth-order valence-electron chi connectivity index (χ4n) is 8.26. The van der Waals surface area contributed by atoms with Gasteiger partial charge in [-0.1, -0.05) is 113 Å². The lowest BCUT2D eigenvalue weighted by molar-refractivity contribution is 0.0681. The monoisotopic (exact) mass is 842 g/mol. The Bertz CT molecular complexity index is 2600. The van der Waals surface area contributed by atoms with Crippen molar-refractivity contribution in [2.24, 2.45) is 0 Å². The van der Waals surface area contributed by atoms with Crippen molar-refractivity contribution in [3.63, 3.8) is 0 Å². The number of hydrogen-bond acceptors (Lipinski definition) is 3. The maximum absolute atomic E-state index is 13.4. The van der Waals surface area contributed by atoms with Gasteiger partial charge in [0.2, 0.25) is 0 Å². The van der Waals surface area contributed by atoms with E-state index in [4.69, 9.17) is 51.1 Å². The van der Waals surface area contributed by atoms with Gasteiger partial charge in [-0.3, -0.25) is 0 Å². The number of fused-ring (bicyclic) bond motifs is 2. The number of carboxylic acid groups (broad SMARTS) is 1. The standard InChI is InChI=1S/C50H38Cl4O4/c51-41-23-32(24-42(52)28-41)21-39-18-16-36-5-1-3-34(47(36)39)12-7-30-8-14-38(15-9-30)50(57)58-46-27-31(11-20-45(46)49(55)56)10-13-35-4-2-6-37-17-19-40(48(35)37)22-33-25-43(53)29-44(54)26-33/h1-6,8-9,11,14-15,18,20,22-29H,7,10,12-13,16-17,19,21H2,(H,55,56)/b40-22+. The fourth-order valence-corrected chi connectivity index (χ4v) is 9.38. The van der Waals surface area contributed by atoms with Gasteiger partial charge < -0.3 is 9.84 Å². The second kappa shape index (κ2) is 17.4. The van der Waals surface area contributed by atoms with Crippen molar-refractivity contribution in [2.45, 2.75) is 51.4 Å². The molecule has 6 aromatic carbocycles. The summed E-state index contributed by atoms with van der Waals surface area (Å²) in [6.07, 6.45) is 10.9. The summed E-state index contributed by atoms with van der Waals surface area (Å²) in [6.45, 7) is 0. The van der Waals surface area contributed by atoms with Crippen LogP contribution in [0.1, 0.15) is 82.8 Å². The van der Waals surface area contributed by atoms with Crippen molar-refractivity contribution in [3.8, 4) is 5.75 Å². The molecule has 2 aliphatic rings. The third-order valence-corrected chi connectivity index (χ3v) is 11.8. The van der Waals surface area contributed by atoms with Gasteiger partial charge in [0.05, 0.1) is 5.56 Å². The van der Waals surface area contributed by atoms with Crippen LogP contribution in [0.15, 0.2) is 121 Å². The number of ether oxygens (including phenoxy) is 1. The minimum atomic E-state index is -1.16. The number of benzene rings is 6. The van der Waals surface area contributed by atoms with Gasteiger partial charge in [-0.2, -0.15) is 0 Å². The molecule has 0 spiro atoms. The van der Waals surface area contributed by atoms with E-state index in [1.165, 1.54) is 50.6 Å². The molecule has 0 amide bonds. The number of aryl methyl sites for hydroxylation is 5. The first-order valence-electron chi connectivity index (χ1n) is 19.3. The summed E-state index contributed by atoms with van der Waals surface area (Å²) < 4.78 is 5.78. The van der Waals surface area contributed by atoms with Gasteiger partial charge in [0, 0.05) is 20.1 Å². The zero-order chi connectivity index (χ0) is 40.3. The predicted octanol–water partition coefficient (Wildman–Crippen LogP) is 13.5. The van der Waals surface area contributed by atoms with E-state index in [1.807, 2.05) is 36.4 Å². The first kappa shape index (κ1) is 39.7. The largest absolute Gasteiger partial charge is 0.478 e. The number of esters is 1. The third kappa shape index (κ3) is 9.12. The summed E-state index contributed by atoms with van der Waals surface area (Å²) in [6, 6.07) is 36.4. The van der Waals surface area contributed by atoms with Crippen molar-refractivity contribution in [2.75, 3.05) is 0 Å². The highest BCUT2D eigenvalue weighted by molar-refractivity contribution is 6.35. The molecule has 2 aliphatic carbocycles. The molecule has 0 saturated heterocycles. The normalized spacial score (nSPS) is 13.7. The molecule has 58 heavy (non-hydrogen) atoms.